The Morgan fingerprint density at radius 3 is 2.03 bits per heavy atom. The number of likely N-dealkylation sites (tertiary alicyclic amines) is 1. The molecule has 190 valence electrons. The smallest absolute Gasteiger partial charge is 0.235 e. The van der Waals surface area contributed by atoms with Crippen molar-refractivity contribution < 1.29 is 9.90 Å². The van der Waals surface area contributed by atoms with E-state index in [1.807, 2.05) is 60.7 Å². The molecule has 0 aliphatic carbocycles. The third-order valence-corrected chi connectivity index (χ3v) is 8.20. The number of hydrogen-bond acceptors (Lipinski definition) is 3. The van der Waals surface area contributed by atoms with Crippen LogP contribution in [0.15, 0.2) is 84.9 Å². The molecule has 0 aromatic heterocycles. The van der Waals surface area contributed by atoms with Crippen LogP contribution in [0.3, 0.4) is 0 Å². The molecule has 1 amide bonds. The molecule has 1 aliphatic heterocycles. The maximum Gasteiger partial charge on any atom is 0.235 e. The number of benzene rings is 3. The van der Waals surface area contributed by atoms with E-state index < -0.39 is 11.0 Å². The van der Waals surface area contributed by atoms with Crippen LogP contribution in [0.4, 0.5) is 0 Å². The normalized spacial score (nSPS) is 16.0. The van der Waals surface area contributed by atoms with Crippen LogP contribution in [0.1, 0.15) is 42.4 Å². The molecule has 2 N–H and O–H groups in total. The Morgan fingerprint density at radius 2 is 1.50 bits per heavy atom. The Morgan fingerprint density at radius 1 is 0.944 bits per heavy atom. The number of hydrogen-bond donors (Lipinski definition) is 2. The van der Waals surface area contributed by atoms with Crippen molar-refractivity contribution in [3.63, 3.8) is 0 Å². The van der Waals surface area contributed by atoms with Gasteiger partial charge in [0.1, 0.15) is 5.41 Å². The van der Waals surface area contributed by atoms with Crippen molar-refractivity contribution in [3.8, 4) is 0 Å². The standard InChI is InChI=1S/C30H34BrClN2O2/c31-19-7-20-33-28(35)30(25-8-3-1-4-9-25,26-10-5-2-6-11-26)18-23-34-21-16-29(36,17-22-34)24-12-14-27(32)15-13-24/h1-6,8-15,36H,7,16-23H2,(H,33,35). The molecule has 0 bridgehead atoms. The fourth-order valence-corrected chi connectivity index (χ4v) is 5.62. The van der Waals surface area contributed by atoms with E-state index in [0.29, 0.717) is 30.8 Å². The van der Waals surface area contributed by atoms with Crippen molar-refractivity contribution in [1.29, 1.82) is 0 Å². The summed E-state index contributed by atoms with van der Waals surface area (Å²) in [6.07, 6.45) is 2.83. The van der Waals surface area contributed by atoms with Gasteiger partial charge in [-0.15, -0.1) is 0 Å². The first-order chi connectivity index (χ1) is 17.5. The lowest BCUT2D eigenvalue weighted by Gasteiger charge is -2.41. The SMILES string of the molecule is O=C(NCCCBr)C(CCN1CCC(O)(c2ccc(Cl)cc2)CC1)(c1ccccc1)c1ccccc1. The Balaban J connectivity index is 1.56. The first kappa shape index (κ1) is 26.9. The van der Waals surface area contributed by atoms with Gasteiger partial charge in [0.25, 0.3) is 0 Å². The van der Waals surface area contributed by atoms with E-state index in [2.05, 4.69) is 50.4 Å². The number of carbonyl (C=O) groups excluding carboxylic acids is 1. The van der Waals surface area contributed by atoms with Gasteiger partial charge >= 0.3 is 0 Å². The molecule has 36 heavy (non-hydrogen) atoms. The number of piperidine rings is 1. The second-order valence-electron chi connectivity index (χ2n) is 9.57. The lowest BCUT2D eigenvalue weighted by molar-refractivity contribution is -0.125. The summed E-state index contributed by atoms with van der Waals surface area (Å²) in [5.41, 5.74) is 1.29. The average molecular weight is 570 g/mol. The van der Waals surface area contributed by atoms with Crippen LogP contribution in [0.5, 0.6) is 0 Å². The number of rotatable bonds is 10. The summed E-state index contributed by atoms with van der Waals surface area (Å²) in [7, 11) is 0. The summed E-state index contributed by atoms with van der Waals surface area (Å²) in [6, 6.07) is 27.8. The minimum Gasteiger partial charge on any atom is -0.385 e. The fourth-order valence-electron chi connectivity index (χ4n) is 5.22. The quantitative estimate of drug-likeness (QED) is 0.236. The minimum absolute atomic E-state index is 0.0375. The topological polar surface area (TPSA) is 52.6 Å². The Labute approximate surface area is 227 Å². The summed E-state index contributed by atoms with van der Waals surface area (Å²) < 4.78 is 0. The van der Waals surface area contributed by atoms with Gasteiger partial charge in [-0.05, 0) is 61.1 Å². The molecule has 0 saturated carbocycles. The third kappa shape index (κ3) is 6.03. The molecule has 6 heteroatoms. The molecule has 0 spiro atoms. The van der Waals surface area contributed by atoms with Crippen LogP contribution in [0.2, 0.25) is 5.02 Å². The van der Waals surface area contributed by atoms with Crippen LogP contribution in [0.25, 0.3) is 0 Å². The van der Waals surface area contributed by atoms with Gasteiger partial charge < -0.3 is 15.3 Å². The summed E-state index contributed by atoms with van der Waals surface area (Å²) in [5, 5.41) is 16.0. The van der Waals surface area contributed by atoms with Crippen LogP contribution in [0, 0.1) is 0 Å². The molecular formula is C30H34BrClN2O2. The molecule has 3 aromatic carbocycles. The van der Waals surface area contributed by atoms with E-state index in [-0.39, 0.29) is 5.91 Å². The first-order valence-electron chi connectivity index (χ1n) is 12.6. The number of halogens is 2. The second kappa shape index (κ2) is 12.4. The minimum atomic E-state index is -0.843. The second-order valence-corrected chi connectivity index (χ2v) is 10.8. The van der Waals surface area contributed by atoms with E-state index in [9.17, 15) is 9.90 Å². The van der Waals surface area contributed by atoms with Crippen LogP contribution in [-0.4, -0.2) is 47.4 Å². The van der Waals surface area contributed by atoms with Crippen LogP contribution < -0.4 is 5.32 Å². The summed E-state index contributed by atoms with van der Waals surface area (Å²) in [5.74, 6) is 0.0375. The largest absolute Gasteiger partial charge is 0.385 e. The molecule has 4 rings (SSSR count). The Kier molecular flexibility index (Phi) is 9.24. The van der Waals surface area contributed by atoms with Crippen molar-refractivity contribution in [2.24, 2.45) is 0 Å². The number of amides is 1. The average Bonchev–Trinajstić information content (AvgIpc) is 2.92. The van der Waals surface area contributed by atoms with Crippen molar-refractivity contribution in [2.75, 3.05) is 31.5 Å². The van der Waals surface area contributed by atoms with E-state index in [1.54, 1.807) is 0 Å². The number of alkyl halides is 1. The maximum atomic E-state index is 13.9. The number of nitrogens with one attached hydrogen (secondary N) is 1. The van der Waals surface area contributed by atoms with Crippen molar-refractivity contribution in [3.05, 3.63) is 107 Å². The van der Waals surface area contributed by atoms with E-state index in [1.165, 1.54) is 0 Å². The van der Waals surface area contributed by atoms with Crippen molar-refractivity contribution in [2.45, 2.75) is 36.7 Å². The van der Waals surface area contributed by atoms with E-state index >= 15 is 0 Å². The van der Waals surface area contributed by atoms with Gasteiger partial charge in [0, 0.05) is 30.0 Å². The zero-order chi connectivity index (χ0) is 25.4. The molecule has 1 fully saturated rings. The zero-order valence-corrected chi connectivity index (χ0v) is 22.8. The monoisotopic (exact) mass is 568 g/mol. The molecule has 0 unspecified atom stereocenters. The summed E-state index contributed by atoms with van der Waals surface area (Å²) in [6.45, 7) is 2.92. The zero-order valence-electron chi connectivity index (χ0n) is 20.5. The van der Waals surface area contributed by atoms with Crippen LogP contribution in [-0.2, 0) is 15.8 Å². The van der Waals surface area contributed by atoms with Crippen LogP contribution >= 0.6 is 27.5 Å². The molecule has 0 radical (unpaired) electrons. The molecule has 3 aromatic rings. The van der Waals surface area contributed by atoms with Crippen molar-refractivity contribution >= 4 is 33.4 Å². The lowest BCUT2D eigenvalue weighted by atomic mass is 9.71. The van der Waals surface area contributed by atoms with Gasteiger partial charge in [-0.25, -0.2) is 0 Å². The van der Waals surface area contributed by atoms with Gasteiger partial charge in [-0.2, -0.15) is 0 Å². The molecule has 1 heterocycles. The van der Waals surface area contributed by atoms with Gasteiger partial charge in [-0.1, -0.05) is 100 Å². The van der Waals surface area contributed by atoms with Gasteiger partial charge in [-0.3, -0.25) is 4.79 Å². The maximum absolute atomic E-state index is 13.9. The van der Waals surface area contributed by atoms with Gasteiger partial charge in [0.15, 0.2) is 0 Å². The molecule has 4 nitrogen and oxygen atoms in total. The third-order valence-electron chi connectivity index (χ3n) is 7.38. The molecule has 0 atom stereocenters. The Bertz CT molecular complexity index is 1060. The summed E-state index contributed by atoms with van der Waals surface area (Å²) >= 11 is 9.51. The van der Waals surface area contributed by atoms with Crippen molar-refractivity contribution in [1.82, 2.24) is 10.2 Å². The number of nitrogens with zero attached hydrogens (tertiary/aromatic N) is 1. The number of aliphatic hydroxyl groups is 1. The van der Waals surface area contributed by atoms with Gasteiger partial charge in [0.2, 0.25) is 5.91 Å². The molecule has 1 saturated heterocycles. The lowest BCUT2D eigenvalue weighted by Crippen LogP contribution is -2.49. The highest BCUT2D eigenvalue weighted by molar-refractivity contribution is 9.09. The predicted octanol–water partition coefficient (Wildman–Crippen LogP) is 5.90. The Hall–Kier alpha value is -2.18. The first-order valence-corrected chi connectivity index (χ1v) is 14.1. The molecule has 1 aliphatic rings. The highest BCUT2D eigenvalue weighted by Gasteiger charge is 2.42. The highest BCUT2D eigenvalue weighted by Crippen LogP contribution is 2.38. The van der Waals surface area contributed by atoms with Gasteiger partial charge in [0.05, 0.1) is 5.60 Å². The highest BCUT2D eigenvalue weighted by atomic mass is 79.9. The van der Waals surface area contributed by atoms with E-state index in [0.717, 1.165) is 48.1 Å². The summed E-state index contributed by atoms with van der Waals surface area (Å²) in [4.78, 5) is 16.3. The number of carbonyl (C=O) groups is 1. The molecular weight excluding hydrogens is 536 g/mol. The van der Waals surface area contributed by atoms with E-state index in [4.69, 9.17) is 11.6 Å². The fraction of sp³-hybridized carbons (Fsp3) is 0.367. The predicted molar refractivity (Wildman–Crippen MR) is 151 cm³/mol.